The minimum Gasteiger partial charge on any atom is -0.394 e. The molecule has 0 aromatic rings. The SMILES string of the molecule is Cl[C@H]1[C@H](Cl)[C@@H](Cl)[C@@H](Cl)[C@H](Cl)[C@H]1Cl.OC[C@H]1O[C@@](CO)(O[C@H]2O[C@H](CO)[C@@H](O)[C@H](O)[C@H]2O)[C@@H](O)[C@@H]1O. The Hall–Kier alpha value is 1.30. The number of ether oxygens (including phenoxy) is 3. The summed E-state index contributed by atoms with van der Waals surface area (Å²) in [6.45, 7) is -2.32. The second-order valence-electron chi connectivity index (χ2n) is 8.23. The van der Waals surface area contributed by atoms with Crippen LogP contribution in [0.2, 0.25) is 0 Å². The van der Waals surface area contributed by atoms with Crippen LogP contribution in [-0.2, 0) is 14.2 Å². The van der Waals surface area contributed by atoms with Crippen molar-refractivity contribution < 1.29 is 55.1 Å². The van der Waals surface area contributed by atoms with Crippen molar-refractivity contribution in [3.63, 3.8) is 0 Å². The summed E-state index contributed by atoms with van der Waals surface area (Å²) < 4.78 is 15.4. The van der Waals surface area contributed by atoms with Crippen LogP contribution in [0.4, 0.5) is 0 Å². The highest BCUT2D eigenvalue weighted by Gasteiger charge is 2.58. The van der Waals surface area contributed by atoms with Gasteiger partial charge in [0, 0.05) is 0 Å². The lowest BCUT2D eigenvalue weighted by Crippen LogP contribution is -2.62. The molecule has 0 radical (unpaired) electrons. The molecule has 0 aromatic carbocycles. The first-order valence-corrected chi connectivity index (χ1v) is 13.0. The Morgan fingerprint density at radius 3 is 1.37 bits per heavy atom. The maximum atomic E-state index is 10.00. The van der Waals surface area contributed by atoms with Gasteiger partial charge in [-0.1, -0.05) is 0 Å². The maximum Gasteiger partial charge on any atom is 0.224 e. The van der Waals surface area contributed by atoms with Crippen LogP contribution in [0, 0.1) is 0 Å². The molecule has 1 aliphatic carbocycles. The Morgan fingerprint density at radius 2 is 1.03 bits per heavy atom. The van der Waals surface area contributed by atoms with E-state index in [0.29, 0.717) is 0 Å². The molecular weight excluding hydrogens is 605 g/mol. The number of hydrogen-bond acceptors (Lipinski definition) is 11. The van der Waals surface area contributed by atoms with Crippen molar-refractivity contribution in [2.24, 2.45) is 0 Å². The zero-order chi connectivity index (χ0) is 26.8. The van der Waals surface area contributed by atoms with E-state index >= 15 is 0 Å². The molecule has 0 unspecified atom stereocenters. The van der Waals surface area contributed by atoms with Gasteiger partial charge in [0.25, 0.3) is 0 Å². The molecule has 0 spiro atoms. The summed E-state index contributed by atoms with van der Waals surface area (Å²) in [6, 6.07) is 0. The van der Waals surface area contributed by atoms with E-state index in [1.54, 1.807) is 0 Å². The predicted octanol–water partition coefficient (Wildman–Crippen LogP) is -1.75. The Balaban J connectivity index is 0.000000303. The largest absolute Gasteiger partial charge is 0.394 e. The van der Waals surface area contributed by atoms with Crippen molar-refractivity contribution >= 4 is 69.6 Å². The standard InChI is InChI=1S/C12H22O11.C6H6Cl6/c13-1-4-6(16)8(18)9(19)11(21-4)23-12(3-15)10(20)7(17)5(2-14)22-12;7-1-2(8)4(10)6(12)5(11)3(1)9/h4-11,13-20H,1-3H2;1-6H/t4-,5-,6-,7-,8+,9-,10+,11-,12+;1-,2-,3-,4+,5+,6+/m1./s1. The second-order valence-corrected chi connectivity index (χ2v) is 11.2. The first kappa shape index (κ1) is 32.5. The van der Waals surface area contributed by atoms with Crippen molar-refractivity contribution in [1.82, 2.24) is 0 Å². The first-order chi connectivity index (χ1) is 16.3. The molecule has 2 saturated heterocycles. The molecule has 8 N–H and O–H groups in total. The predicted molar refractivity (Wildman–Crippen MR) is 126 cm³/mol. The van der Waals surface area contributed by atoms with E-state index < -0.39 is 107 Å². The van der Waals surface area contributed by atoms with Gasteiger partial charge in [-0.15, -0.1) is 69.6 Å². The van der Waals surface area contributed by atoms with Gasteiger partial charge < -0.3 is 55.1 Å². The van der Waals surface area contributed by atoms with Gasteiger partial charge in [-0.3, -0.25) is 0 Å². The van der Waals surface area contributed by atoms with Crippen molar-refractivity contribution in [3.05, 3.63) is 0 Å². The number of halogens is 6. The minimum atomic E-state index is -2.22. The van der Waals surface area contributed by atoms with Gasteiger partial charge in [0.05, 0.1) is 45.5 Å². The Kier molecular flexibility index (Phi) is 12.6. The summed E-state index contributed by atoms with van der Waals surface area (Å²) in [5.74, 6) is -2.22. The smallest absolute Gasteiger partial charge is 0.224 e. The van der Waals surface area contributed by atoms with Crippen molar-refractivity contribution in [1.29, 1.82) is 0 Å². The molecule has 2 aliphatic heterocycles. The van der Waals surface area contributed by atoms with E-state index in [2.05, 4.69) is 0 Å². The van der Waals surface area contributed by atoms with Gasteiger partial charge in [0.1, 0.15) is 49.3 Å². The molecule has 11 nitrogen and oxygen atoms in total. The molecule has 3 rings (SSSR count). The molecule has 0 bridgehead atoms. The third kappa shape index (κ3) is 6.72. The van der Waals surface area contributed by atoms with Gasteiger partial charge in [-0.25, -0.2) is 0 Å². The highest BCUT2D eigenvalue weighted by molar-refractivity contribution is 6.45. The van der Waals surface area contributed by atoms with Gasteiger partial charge >= 0.3 is 0 Å². The zero-order valence-corrected chi connectivity index (χ0v) is 22.3. The molecule has 208 valence electrons. The van der Waals surface area contributed by atoms with Crippen LogP contribution in [0.25, 0.3) is 0 Å². The fourth-order valence-electron chi connectivity index (χ4n) is 3.69. The Morgan fingerprint density at radius 1 is 0.600 bits per heavy atom. The molecule has 3 fully saturated rings. The van der Waals surface area contributed by atoms with E-state index in [0.717, 1.165) is 0 Å². The molecule has 17 heteroatoms. The molecule has 35 heavy (non-hydrogen) atoms. The fraction of sp³-hybridized carbons (Fsp3) is 1.00. The van der Waals surface area contributed by atoms with Gasteiger partial charge in [0.15, 0.2) is 6.29 Å². The van der Waals surface area contributed by atoms with Gasteiger partial charge in [-0.05, 0) is 0 Å². The maximum absolute atomic E-state index is 10.00. The molecule has 0 aromatic heterocycles. The van der Waals surface area contributed by atoms with Gasteiger partial charge in [-0.2, -0.15) is 0 Å². The van der Waals surface area contributed by atoms with Crippen molar-refractivity contribution in [3.8, 4) is 0 Å². The van der Waals surface area contributed by atoms with Crippen LogP contribution >= 0.6 is 69.6 Å². The zero-order valence-electron chi connectivity index (χ0n) is 17.8. The van der Waals surface area contributed by atoms with Crippen LogP contribution in [0.1, 0.15) is 0 Å². The molecule has 1 saturated carbocycles. The third-order valence-corrected chi connectivity index (χ3v) is 9.93. The number of rotatable bonds is 5. The highest BCUT2D eigenvalue weighted by atomic mass is 35.5. The highest BCUT2D eigenvalue weighted by Crippen LogP contribution is 2.40. The lowest BCUT2D eigenvalue weighted by Gasteiger charge is -2.43. The van der Waals surface area contributed by atoms with E-state index in [1.807, 2.05) is 0 Å². The summed E-state index contributed by atoms with van der Waals surface area (Å²) >= 11 is 35.3. The summed E-state index contributed by atoms with van der Waals surface area (Å²) in [6.07, 6.45) is -12.7. The second kappa shape index (κ2) is 13.6. The van der Waals surface area contributed by atoms with Crippen LogP contribution in [0.15, 0.2) is 0 Å². The average Bonchev–Trinajstić information content (AvgIpc) is 3.10. The molecule has 9 atom stereocenters. The van der Waals surface area contributed by atoms with E-state index in [9.17, 15) is 30.6 Å². The van der Waals surface area contributed by atoms with E-state index in [4.69, 9.17) is 94.0 Å². The monoisotopic (exact) mass is 630 g/mol. The molecule has 2 heterocycles. The number of aliphatic hydroxyl groups is 8. The fourth-order valence-corrected chi connectivity index (χ4v) is 6.01. The molecule has 3 aliphatic rings. The number of hydrogen-bond donors (Lipinski definition) is 8. The van der Waals surface area contributed by atoms with Crippen LogP contribution in [0.5, 0.6) is 0 Å². The van der Waals surface area contributed by atoms with Crippen molar-refractivity contribution in [2.45, 2.75) is 87.1 Å². The van der Waals surface area contributed by atoms with E-state index in [-0.39, 0.29) is 0 Å². The number of aliphatic hydroxyl groups excluding tert-OH is 8. The quantitative estimate of drug-likeness (QED) is 0.161. The minimum absolute atomic E-state index is 0.437. The topological polar surface area (TPSA) is 190 Å². The van der Waals surface area contributed by atoms with Crippen LogP contribution in [0.3, 0.4) is 0 Å². The summed E-state index contributed by atoms with van der Waals surface area (Å²) in [5, 5.41) is 74.0. The van der Waals surface area contributed by atoms with E-state index in [1.165, 1.54) is 0 Å². The third-order valence-electron chi connectivity index (χ3n) is 5.90. The normalized spacial score (nSPS) is 52.6. The van der Waals surface area contributed by atoms with Gasteiger partial charge in [0.2, 0.25) is 5.79 Å². The van der Waals surface area contributed by atoms with Crippen molar-refractivity contribution in [2.75, 3.05) is 19.8 Å². The lowest BCUT2D eigenvalue weighted by molar-refractivity contribution is -0.383. The molecule has 0 amide bonds. The Bertz CT molecular complexity index is 612. The average molecular weight is 633 g/mol. The van der Waals surface area contributed by atoms with Crippen LogP contribution < -0.4 is 0 Å². The lowest BCUT2D eigenvalue weighted by atomic mass is 9.97. The first-order valence-electron chi connectivity index (χ1n) is 10.4. The summed E-state index contributed by atoms with van der Waals surface area (Å²) in [7, 11) is 0. The summed E-state index contributed by atoms with van der Waals surface area (Å²) in [4.78, 5) is 0. The molecular formula is C18H28Cl6O11. The van der Waals surface area contributed by atoms with Crippen LogP contribution in [-0.4, -0.2) is 148 Å². The number of alkyl halides is 6. The Labute approximate surface area is 230 Å². The summed E-state index contributed by atoms with van der Waals surface area (Å²) in [5.41, 5.74) is 0.